The van der Waals surface area contributed by atoms with Crippen molar-refractivity contribution >= 4 is 17.8 Å². The molecule has 1 aliphatic rings. The van der Waals surface area contributed by atoms with Gasteiger partial charge >= 0.3 is 18.1 Å². The van der Waals surface area contributed by atoms with Crippen molar-refractivity contribution in [1.82, 2.24) is 15.3 Å². The van der Waals surface area contributed by atoms with Gasteiger partial charge in [-0.3, -0.25) is 9.59 Å². The second kappa shape index (κ2) is 19.3. The van der Waals surface area contributed by atoms with Crippen LogP contribution in [0.4, 0.5) is 13.2 Å². The van der Waals surface area contributed by atoms with Crippen LogP contribution < -0.4 is 15.8 Å². The number of ether oxygens (including phenoxy) is 3. The van der Waals surface area contributed by atoms with Gasteiger partial charge in [-0.1, -0.05) is 30.4 Å². The fourth-order valence-electron chi connectivity index (χ4n) is 5.48. The van der Waals surface area contributed by atoms with Gasteiger partial charge in [0, 0.05) is 43.0 Å². The lowest BCUT2D eigenvalue weighted by atomic mass is 9.89. The number of halogens is 3. The van der Waals surface area contributed by atoms with Crippen LogP contribution in [0.5, 0.6) is 5.75 Å². The number of nitrogens with zero attached hydrogens (tertiary/aromatic N) is 1. The topological polar surface area (TPSA) is 186 Å². The summed E-state index contributed by atoms with van der Waals surface area (Å²) in [5, 5.41) is 24.2. The van der Waals surface area contributed by atoms with E-state index in [1.54, 1.807) is 19.9 Å². The van der Waals surface area contributed by atoms with Crippen molar-refractivity contribution in [2.45, 2.75) is 102 Å². The van der Waals surface area contributed by atoms with Crippen molar-refractivity contribution in [1.29, 1.82) is 0 Å². The highest BCUT2D eigenvalue weighted by Gasteiger charge is 2.43. The molecule has 1 heterocycles. The zero-order chi connectivity index (χ0) is 36.8. The number of aliphatic hydroxyl groups excluding tert-OH is 2. The number of unbranched alkanes of at least 4 members (excludes halogenated alkanes) is 1. The van der Waals surface area contributed by atoms with Crippen molar-refractivity contribution < 1.29 is 52.0 Å². The quantitative estimate of drug-likeness (QED) is 0.0867. The minimum absolute atomic E-state index is 0.0534. The molecule has 0 aliphatic heterocycles. The van der Waals surface area contributed by atoms with Crippen molar-refractivity contribution in [2.75, 3.05) is 6.61 Å². The lowest BCUT2D eigenvalue weighted by molar-refractivity contribution is -0.155. The summed E-state index contributed by atoms with van der Waals surface area (Å²) in [6.07, 6.45) is 3.78. The number of carbonyl (C=O) groups is 3. The smallest absolute Gasteiger partial charge is 0.416 e. The molecule has 50 heavy (non-hydrogen) atoms. The molecule has 1 fully saturated rings. The number of hydrogen-bond acceptors (Lipinski definition) is 10. The van der Waals surface area contributed by atoms with Crippen molar-refractivity contribution in [2.24, 2.45) is 17.6 Å². The normalized spacial score (nSPS) is 21.3. The SMILES string of the molecule is CC(C)OC(=O)CCC/C=C\C[C@@H]1[C@@H](/C=C/[C@@H](O)COc2cccc(C(F)(F)F)c2)[C@H](O)C[C@@H]1OC(=O)[C@H](Cc1cnc[nH]1)NC(=O)[C@H](C)N. The van der Waals surface area contributed by atoms with Crippen molar-refractivity contribution in [3.05, 3.63) is 72.4 Å². The molecule has 3 rings (SSSR count). The summed E-state index contributed by atoms with van der Waals surface area (Å²) in [6.45, 7) is 4.68. The van der Waals surface area contributed by atoms with Gasteiger partial charge in [0.1, 0.15) is 30.6 Å². The minimum atomic E-state index is -4.55. The molecule has 0 saturated heterocycles. The number of aromatic amines is 1. The Morgan fingerprint density at radius 2 is 1.96 bits per heavy atom. The van der Waals surface area contributed by atoms with Gasteiger partial charge in [0.05, 0.1) is 30.1 Å². The van der Waals surface area contributed by atoms with E-state index in [1.807, 2.05) is 12.2 Å². The van der Waals surface area contributed by atoms with E-state index in [0.717, 1.165) is 12.1 Å². The van der Waals surface area contributed by atoms with E-state index < -0.39 is 65.8 Å². The molecule has 2 aromatic rings. The molecule has 7 atom stereocenters. The van der Waals surface area contributed by atoms with E-state index in [9.17, 15) is 37.8 Å². The van der Waals surface area contributed by atoms with Crippen LogP contribution >= 0.6 is 0 Å². The van der Waals surface area contributed by atoms with Crippen LogP contribution in [0.3, 0.4) is 0 Å². The third-order valence-electron chi connectivity index (χ3n) is 7.98. The molecule has 12 nitrogen and oxygen atoms in total. The first-order valence-corrected chi connectivity index (χ1v) is 16.6. The number of nitrogens with one attached hydrogen (secondary N) is 2. The second-order valence-corrected chi connectivity index (χ2v) is 12.6. The Kier molecular flexibility index (Phi) is 15.5. The molecular formula is C35H47F3N4O8. The number of aromatic nitrogens is 2. The molecule has 0 bridgehead atoms. The zero-order valence-corrected chi connectivity index (χ0v) is 28.3. The van der Waals surface area contributed by atoms with Gasteiger partial charge in [-0.2, -0.15) is 13.2 Å². The lowest BCUT2D eigenvalue weighted by Crippen LogP contribution is -2.49. The average Bonchev–Trinajstić information content (AvgIpc) is 3.66. The molecule has 0 radical (unpaired) electrons. The number of alkyl halides is 3. The van der Waals surface area contributed by atoms with E-state index in [2.05, 4.69) is 15.3 Å². The Hall–Kier alpha value is -4.21. The fourth-order valence-corrected chi connectivity index (χ4v) is 5.48. The summed E-state index contributed by atoms with van der Waals surface area (Å²) in [7, 11) is 0. The predicted molar refractivity (Wildman–Crippen MR) is 176 cm³/mol. The number of H-pyrrole nitrogens is 1. The number of carbonyl (C=O) groups excluding carboxylic acids is 3. The number of imidazole rings is 1. The molecule has 0 spiro atoms. The average molecular weight is 709 g/mol. The summed E-state index contributed by atoms with van der Waals surface area (Å²) in [4.78, 5) is 44.6. The molecule has 6 N–H and O–H groups in total. The summed E-state index contributed by atoms with van der Waals surface area (Å²) in [5.74, 6) is -2.70. The first-order chi connectivity index (χ1) is 23.6. The number of nitrogens with two attached hydrogens (primary N) is 1. The number of benzene rings is 1. The van der Waals surface area contributed by atoms with Gasteiger partial charge in [0.25, 0.3) is 0 Å². The molecule has 1 saturated carbocycles. The Bertz CT molecular complexity index is 1430. The molecule has 1 aliphatic carbocycles. The molecule has 0 unspecified atom stereocenters. The van der Waals surface area contributed by atoms with Crippen LogP contribution in [0.2, 0.25) is 0 Å². The van der Waals surface area contributed by atoms with Gasteiger partial charge in [-0.05, 0) is 58.2 Å². The standard InChI is InChI=1S/C35H47F3N4O8/c1-21(2)49-32(45)12-7-5-4-6-11-28-27(14-13-25(43)19-48-26-10-8-9-23(15-26)35(36,37)38)30(44)17-31(28)50-34(47)29(42-33(46)22(3)39)16-24-18-40-20-41-24/h4,6,8-10,13-15,18,20-22,25,27-31,43-44H,5,7,11-12,16-17,19,39H2,1-3H3,(H,40,41)(H,42,46)/b6-4-,14-13+/t22-,25+,27+,28+,29-,30+,31-/m0/s1. The number of aliphatic hydroxyl groups is 2. The van der Waals surface area contributed by atoms with Crippen LogP contribution in [0.15, 0.2) is 61.1 Å². The van der Waals surface area contributed by atoms with E-state index in [0.29, 0.717) is 25.0 Å². The first kappa shape index (κ1) is 40.2. The lowest BCUT2D eigenvalue weighted by Gasteiger charge is -2.25. The Morgan fingerprint density at radius 1 is 1.20 bits per heavy atom. The highest BCUT2D eigenvalue weighted by molar-refractivity contribution is 5.87. The number of amides is 1. The monoisotopic (exact) mass is 708 g/mol. The Morgan fingerprint density at radius 3 is 2.62 bits per heavy atom. The largest absolute Gasteiger partial charge is 0.491 e. The summed E-state index contributed by atoms with van der Waals surface area (Å²) in [6, 6.07) is 2.31. The molecule has 1 amide bonds. The van der Waals surface area contributed by atoms with E-state index >= 15 is 0 Å². The third kappa shape index (κ3) is 13.2. The maximum atomic E-state index is 13.5. The summed E-state index contributed by atoms with van der Waals surface area (Å²) >= 11 is 0. The second-order valence-electron chi connectivity index (χ2n) is 12.6. The van der Waals surface area contributed by atoms with Crippen LogP contribution in [0.1, 0.15) is 64.1 Å². The van der Waals surface area contributed by atoms with Gasteiger partial charge < -0.3 is 40.5 Å². The Balaban J connectivity index is 1.72. The minimum Gasteiger partial charge on any atom is -0.491 e. The predicted octanol–water partition coefficient (Wildman–Crippen LogP) is 3.78. The van der Waals surface area contributed by atoms with E-state index in [-0.39, 0.29) is 43.7 Å². The molecule has 1 aromatic heterocycles. The van der Waals surface area contributed by atoms with E-state index in [1.165, 1.54) is 37.7 Å². The highest BCUT2D eigenvalue weighted by atomic mass is 19.4. The van der Waals surface area contributed by atoms with Crippen molar-refractivity contribution in [3.63, 3.8) is 0 Å². The third-order valence-corrected chi connectivity index (χ3v) is 7.98. The van der Waals surface area contributed by atoms with Gasteiger partial charge in [0.2, 0.25) is 5.91 Å². The maximum absolute atomic E-state index is 13.5. The number of allylic oxidation sites excluding steroid dienone is 2. The first-order valence-electron chi connectivity index (χ1n) is 16.6. The van der Waals surface area contributed by atoms with Gasteiger partial charge in [0.15, 0.2) is 0 Å². The number of hydrogen-bond donors (Lipinski definition) is 5. The highest BCUT2D eigenvalue weighted by Crippen LogP contribution is 2.39. The Labute approximate surface area is 289 Å². The maximum Gasteiger partial charge on any atom is 0.416 e. The summed E-state index contributed by atoms with van der Waals surface area (Å²) in [5.41, 5.74) is 5.40. The molecule has 15 heteroatoms. The molecular weight excluding hydrogens is 661 g/mol. The number of rotatable bonds is 18. The molecule has 276 valence electrons. The number of esters is 2. The van der Waals surface area contributed by atoms with Crippen LogP contribution in [0, 0.1) is 11.8 Å². The molecule has 1 aromatic carbocycles. The fraction of sp³-hybridized carbons (Fsp3) is 0.543. The van der Waals surface area contributed by atoms with E-state index in [4.69, 9.17) is 19.9 Å². The van der Waals surface area contributed by atoms with Crippen LogP contribution in [-0.4, -0.2) is 81.1 Å². The van der Waals surface area contributed by atoms with Gasteiger partial charge in [-0.15, -0.1) is 0 Å². The van der Waals surface area contributed by atoms with Gasteiger partial charge in [-0.25, -0.2) is 9.78 Å². The van der Waals surface area contributed by atoms with Crippen LogP contribution in [-0.2, 0) is 36.5 Å². The van der Waals surface area contributed by atoms with Crippen molar-refractivity contribution in [3.8, 4) is 5.75 Å². The zero-order valence-electron chi connectivity index (χ0n) is 28.3. The summed E-state index contributed by atoms with van der Waals surface area (Å²) < 4.78 is 55.6. The van der Waals surface area contributed by atoms with Crippen LogP contribution in [0.25, 0.3) is 0 Å².